The Kier molecular flexibility index (Phi) is 3.89. The zero-order valence-electron chi connectivity index (χ0n) is 10.3. The van der Waals surface area contributed by atoms with Crippen LogP contribution in [0.3, 0.4) is 0 Å². The molecule has 5 nitrogen and oxygen atoms in total. The quantitative estimate of drug-likeness (QED) is 0.799. The first kappa shape index (κ1) is 13.3. The highest BCUT2D eigenvalue weighted by atomic mass is 32.2. The van der Waals surface area contributed by atoms with Gasteiger partial charge in [-0.25, -0.2) is 13.1 Å². The SMILES string of the molecule is CC(NS(=O)(=O)c1ccc(N)cc1)C1CCOC1. The fraction of sp³-hybridized carbons (Fsp3) is 0.500. The molecule has 1 aliphatic rings. The van der Waals surface area contributed by atoms with E-state index >= 15 is 0 Å². The van der Waals surface area contributed by atoms with E-state index in [1.54, 1.807) is 12.1 Å². The smallest absolute Gasteiger partial charge is 0.240 e. The highest BCUT2D eigenvalue weighted by Crippen LogP contribution is 2.19. The Balaban J connectivity index is 2.09. The van der Waals surface area contributed by atoms with Gasteiger partial charge in [0.25, 0.3) is 0 Å². The molecule has 0 radical (unpaired) electrons. The van der Waals surface area contributed by atoms with Crippen molar-refractivity contribution in [2.45, 2.75) is 24.3 Å². The van der Waals surface area contributed by atoms with Crippen LogP contribution in [0.5, 0.6) is 0 Å². The molecule has 1 heterocycles. The first-order valence-electron chi connectivity index (χ1n) is 5.94. The van der Waals surface area contributed by atoms with Gasteiger partial charge in [0.2, 0.25) is 10.0 Å². The maximum absolute atomic E-state index is 12.1. The van der Waals surface area contributed by atoms with Crippen LogP contribution >= 0.6 is 0 Å². The topological polar surface area (TPSA) is 81.4 Å². The van der Waals surface area contributed by atoms with Crippen LogP contribution in [0.2, 0.25) is 0 Å². The molecule has 2 atom stereocenters. The van der Waals surface area contributed by atoms with Gasteiger partial charge in [-0.15, -0.1) is 0 Å². The minimum Gasteiger partial charge on any atom is -0.399 e. The number of anilines is 1. The number of hydrogen-bond acceptors (Lipinski definition) is 4. The Morgan fingerprint density at radius 3 is 2.61 bits per heavy atom. The van der Waals surface area contributed by atoms with Crippen LogP contribution in [-0.2, 0) is 14.8 Å². The van der Waals surface area contributed by atoms with Crippen LogP contribution in [0.1, 0.15) is 13.3 Å². The van der Waals surface area contributed by atoms with Crippen LogP contribution in [-0.4, -0.2) is 27.7 Å². The first-order valence-corrected chi connectivity index (χ1v) is 7.43. The third-order valence-corrected chi connectivity index (χ3v) is 4.78. The minimum absolute atomic E-state index is 0.130. The summed E-state index contributed by atoms with van der Waals surface area (Å²) in [4.78, 5) is 0.238. The van der Waals surface area contributed by atoms with E-state index in [-0.39, 0.29) is 16.9 Å². The molecule has 0 amide bonds. The van der Waals surface area contributed by atoms with Gasteiger partial charge >= 0.3 is 0 Å². The molecule has 1 aromatic rings. The molecule has 1 aromatic carbocycles. The van der Waals surface area contributed by atoms with Crippen LogP contribution in [0, 0.1) is 5.92 Å². The normalized spacial score (nSPS) is 21.9. The second kappa shape index (κ2) is 5.26. The van der Waals surface area contributed by atoms with Crippen LogP contribution in [0.25, 0.3) is 0 Å². The molecule has 100 valence electrons. The molecule has 1 saturated heterocycles. The average molecular weight is 270 g/mol. The molecule has 6 heteroatoms. The summed E-state index contributed by atoms with van der Waals surface area (Å²) in [5, 5.41) is 0. The number of ether oxygens (including phenoxy) is 1. The lowest BCUT2D eigenvalue weighted by Crippen LogP contribution is -2.38. The molecule has 1 fully saturated rings. The van der Waals surface area contributed by atoms with E-state index in [0.717, 1.165) is 6.42 Å². The van der Waals surface area contributed by atoms with Crippen molar-refractivity contribution in [3.63, 3.8) is 0 Å². The molecule has 0 aliphatic carbocycles. The third-order valence-electron chi connectivity index (χ3n) is 3.20. The summed E-state index contributed by atoms with van der Waals surface area (Å²) in [7, 11) is -3.47. The van der Waals surface area contributed by atoms with E-state index in [1.165, 1.54) is 12.1 Å². The highest BCUT2D eigenvalue weighted by Gasteiger charge is 2.26. The Labute approximate surface area is 107 Å². The van der Waals surface area contributed by atoms with Gasteiger partial charge in [0, 0.05) is 24.3 Å². The number of nitrogens with one attached hydrogen (secondary N) is 1. The maximum Gasteiger partial charge on any atom is 0.240 e. The van der Waals surface area contributed by atoms with Crippen molar-refractivity contribution in [1.82, 2.24) is 4.72 Å². The molecule has 1 aliphatic heterocycles. The molecule has 3 N–H and O–H groups in total. The van der Waals surface area contributed by atoms with Gasteiger partial charge in [-0.1, -0.05) is 0 Å². The van der Waals surface area contributed by atoms with Gasteiger partial charge in [-0.2, -0.15) is 0 Å². The van der Waals surface area contributed by atoms with Crippen molar-refractivity contribution in [1.29, 1.82) is 0 Å². The van der Waals surface area contributed by atoms with Crippen molar-refractivity contribution >= 4 is 15.7 Å². The zero-order chi connectivity index (χ0) is 13.2. The number of nitrogen functional groups attached to an aromatic ring is 1. The molecule has 18 heavy (non-hydrogen) atoms. The van der Waals surface area contributed by atoms with Gasteiger partial charge in [0.1, 0.15) is 0 Å². The second-order valence-corrected chi connectivity index (χ2v) is 6.32. The maximum atomic E-state index is 12.1. The van der Waals surface area contributed by atoms with Gasteiger partial charge in [-0.3, -0.25) is 0 Å². The zero-order valence-corrected chi connectivity index (χ0v) is 11.1. The van der Waals surface area contributed by atoms with E-state index < -0.39 is 10.0 Å². The summed E-state index contributed by atoms with van der Waals surface area (Å²) >= 11 is 0. The lowest BCUT2D eigenvalue weighted by atomic mass is 10.0. The summed E-state index contributed by atoms with van der Waals surface area (Å²) in [5.41, 5.74) is 6.09. The number of hydrogen-bond donors (Lipinski definition) is 2. The van der Waals surface area contributed by atoms with E-state index in [2.05, 4.69) is 4.72 Å². The average Bonchev–Trinajstić information content (AvgIpc) is 2.82. The molecular weight excluding hydrogens is 252 g/mol. The van der Waals surface area contributed by atoms with Crippen molar-refractivity contribution in [3.05, 3.63) is 24.3 Å². The van der Waals surface area contributed by atoms with Crippen LogP contribution < -0.4 is 10.5 Å². The predicted molar refractivity (Wildman–Crippen MR) is 69.6 cm³/mol. The fourth-order valence-corrected chi connectivity index (χ4v) is 3.32. The van der Waals surface area contributed by atoms with E-state index in [1.807, 2.05) is 6.92 Å². The van der Waals surface area contributed by atoms with E-state index in [0.29, 0.717) is 18.9 Å². The van der Waals surface area contributed by atoms with Crippen molar-refractivity contribution < 1.29 is 13.2 Å². The van der Waals surface area contributed by atoms with Crippen LogP contribution in [0.15, 0.2) is 29.2 Å². The van der Waals surface area contributed by atoms with Crippen molar-refractivity contribution in [3.8, 4) is 0 Å². The predicted octanol–water partition coefficient (Wildman–Crippen LogP) is 0.972. The fourth-order valence-electron chi connectivity index (χ4n) is 2.00. The molecule has 0 saturated carbocycles. The second-order valence-electron chi connectivity index (χ2n) is 4.60. The molecule has 0 aromatic heterocycles. The highest BCUT2D eigenvalue weighted by molar-refractivity contribution is 7.89. The van der Waals surface area contributed by atoms with Gasteiger partial charge in [-0.05, 0) is 37.6 Å². The van der Waals surface area contributed by atoms with Crippen molar-refractivity contribution in [2.24, 2.45) is 5.92 Å². The Bertz CT molecular complexity index is 493. The lowest BCUT2D eigenvalue weighted by Gasteiger charge is -2.19. The van der Waals surface area contributed by atoms with E-state index in [9.17, 15) is 8.42 Å². The Morgan fingerprint density at radius 2 is 2.06 bits per heavy atom. The molecule has 0 spiro atoms. The summed E-state index contributed by atoms with van der Waals surface area (Å²) in [6.45, 7) is 3.19. The van der Waals surface area contributed by atoms with Gasteiger partial charge in [0.15, 0.2) is 0 Å². The summed E-state index contributed by atoms with van der Waals surface area (Å²) in [5.74, 6) is 0.244. The first-order chi connectivity index (χ1) is 8.49. The molecule has 0 bridgehead atoms. The standard InChI is InChI=1S/C12H18N2O3S/c1-9(10-6-7-17-8-10)14-18(15,16)12-4-2-11(13)3-5-12/h2-5,9-10,14H,6-8,13H2,1H3. The summed E-state index contributed by atoms with van der Waals surface area (Å²) in [6.07, 6.45) is 0.894. The molecule has 2 unspecified atom stereocenters. The molecule has 2 rings (SSSR count). The van der Waals surface area contributed by atoms with Gasteiger partial charge in [0.05, 0.1) is 11.5 Å². The van der Waals surface area contributed by atoms with Crippen molar-refractivity contribution in [2.75, 3.05) is 18.9 Å². The third kappa shape index (κ3) is 3.01. The number of rotatable bonds is 4. The molecular formula is C12H18N2O3S. The minimum atomic E-state index is -3.47. The number of sulfonamides is 1. The largest absolute Gasteiger partial charge is 0.399 e. The monoisotopic (exact) mass is 270 g/mol. The Hall–Kier alpha value is -1.11. The number of nitrogens with two attached hydrogens (primary N) is 1. The summed E-state index contributed by atoms with van der Waals surface area (Å²) < 4.78 is 32.2. The summed E-state index contributed by atoms with van der Waals surface area (Å²) in [6, 6.07) is 6.05. The number of benzene rings is 1. The van der Waals surface area contributed by atoms with Gasteiger partial charge < -0.3 is 10.5 Å². The van der Waals surface area contributed by atoms with E-state index in [4.69, 9.17) is 10.5 Å². The lowest BCUT2D eigenvalue weighted by molar-refractivity contribution is 0.180. The van der Waals surface area contributed by atoms with Crippen LogP contribution in [0.4, 0.5) is 5.69 Å². The Morgan fingerprint density at radius 1 is 1.39 bits per heavy atom.